The lowest BCUT2D eigenvalue weighted by atomic mass is 9.95. The topological polar surface area (TPSA) is 82.4 Å². The van der Waals surface area contributed by atoms with Gasteiger partial charge in [0.05, 0.1) is 42.7 Å². The summed E-state index contributed by atoms with van der Waals surface area (Å²) in [6.45, 7) is 3.69. The van der Waals surface area contributed by atoms with Gasteiger partial charge in [-0.15, -0.1) is 0 Å². The highest BCUT2D eigenvalue weighted by molar-refractivity contribution is 9.10. The zero-order valence-corrected chi connectivity index (χ0v) is 23.9. The van der Waals surface area contributed by atoms with Gasteiger partial charge in [0.1, 0.15) is 0 Å². The molecule has 1 aromatic heterocycles. The molecular weight excluding hydrogens is 558 g/mol. The van der Waals surface area contributed by atoms with Crippen LogP contribution >= 0.6 is 27.3 Å². The summed E-state index contributed by atoms with van der Waals surface area (Å²) >= 11 is 4.89. The number of carbonyl (C=O) groups is 1. The van der Waals surface area contributed by atoms with E-state index in [1.807, 2.05) is 49.3 Å². The SMILES string of the molecule is CCOC(=O)C1=C(C)N=c2s/c(=C\c3ccc(N(C)C)cc3)c(=O)n2[C@H]1c1cc(OC)c(OC)cc1Br. The van der Waals surface area contributed by atoms with E-state index < -0.39 is 12.0 Å². The van der Waals surface area contributed by atoms with E-state index >= 15 is 0 Å². The summed E-state index contributed by atoms with van der Waals surface area (Å²) in [7, 11) is 7.04. The predicted octanol–water partition coefficient (Wildman–Crippen LogP) is 3.64. The number of aromatic nitrogens is 1. The van der Waals surface area contributed by atoms with Gasteiger partial charge in [-0.1, -0.05) is 39.4 Å². The molecule has 0 bridgehead atoms. The molecule has 0 amide bonds. The van der Waals surface area contributed by atoms with Crippen LogP contribution in [0.1, 0.15) is 31.0 Å². The van der Waals surface area contributed by atoms with Gasteiger partial charge in [-0.2, -0.15) is 0 Å². The van der Waals surface area contributed by atoms with Crippen LogP contribution in [0.3, 0.4) is 0 Å². The third kappa shape index (κ3) is 5.08. The lowest BCUT2D eigenvalue weighted by Crippen LogP contribution is -2.40. The van der Waals surface area contributed by atoms with E-state index in [1.165, 1.54) is 18.4 Å². The summed E-state index contributed by atoms with van der Waals surface area (Å²) in [6.07, 6.45) is 1.84. The van der Waals surface area contributed by atoms with Crippen LogP contribution in [0.25, 0.3) is 6.08 Å². The molecule has 3 aromatic rings. The molecule has 8 nitrogen and oxygen atoms in total. The van der Waals surface area contributed by atoms with Gasteiger partial charge in [-0.3, -0.25) is 9.36 Å². The van der Waals surface area contributed by atoms with Crippen molar-refractivity contribution in [3.05, 3.63) is 83.0 Å². The summed E-state index contributed by atoms with van der Waals surface area (Å²) in [6, 6.07) is 10.7. The lowest BCUT2D eigenvalue weighted by Gasteiger charge is -2.26. The molecule has 0 N–H and O–H groups in total. The minimum atomic E-state index is -0.775. The van der Waals surface area contributed by atoms with Crippen LogP contribution in [0.4, 0.5) is 5.69 Å². The zero-order chi connectivity index (χ0) is 26.9. The molecular formula is C27H28BrN3O5S. The molecule has 1 aliphatic heterocycles. The summed E-state index contributed by atoms with van der Waals surface area (Å²) in [5.74, 6) is 0.468. The molecule has 0 saturated heterocycles. The van der Waals surface area contributed by atoms with Crippen molar-refractivity contribution in [1.29, 1.82) is 0 Å². The largest absolute Gasteiger partial charge is 0.493 e. The Kier molecular flexibility index (Phi) is 7.89. The Balaban J connectivity index is 1.96. The number of hydrogen-bond acceptors (Lipinski definition) is 8. The van der Waals surface area contributed by atoms with E-state index in [9.17, 15) is 9.59 Å². The molecule has 0 saturated carbocycles. The molecule has 37 heavy (non-hydrogen) atoms. The minimum Gasteiger partial charge on any atom is -0.493 e. The summed E-state index contributed by atoms with van der Waals surface area (Å²) in [4.78, 5) is 34.1. The molecule has 0 fully saturated rings. The van der Waals surface area contributed by atoms with Crippen LogP contribution in [0.5, 0.6) is 11.5 Å². The Labute approximate surface area is 227 Å². The van der Waals surface area contributed by atoms with Crippen LogP contribution in [0.15, 0.2) is 61.9 Å². The molecule has 1 atom stereocenters. The third-order valence-electron chi connectivity index (χ3n) is 6.02. The Morgan fingerprint density at radius 3 is 2.41 bits per heavy atom. The van der Waals surface area contributed by atoms with Crippen molar-refractivity contribution >= 4 is 45.0 Å². The number of thiazole rings is 1. The van der Waals surface area contributed by atoms with E-state index in [1.54, 1.807) is 37.7 Å². The Hall–Kier alpha value is -3.37. The van der Waals surface area contributed by atoms with Crippen LogP contribution in [-0.4, -0.2) is 45.5 Å². The fraction of sp³-hybridized carbons (Fsp3) is 0.296. The number of hydrogen-bond donors (Lipinski definition) is 0. The average Bonchev–Trinajstić information content (AvgIpc) is 3.17. The van der Waals surface area contributed by atoms with E-state index in [4.69, 9.17) is 14.2 Å². The molecule has 4 rings (SSSR count). The lowest BCUT2D eigenvalue weighted by molar-refractivity contribution is -0.139. The normalized spacial score (nSPS) is 15.2. The van der Waals surface area contributed by atoms with Gasteiger partial charge >= 0.3 is 5.97 Å². The van der Waals surface area contributed by atoms with Crippen molar-refractivity contribution in [2.24, 2.45) is 4.99 Å². The quantitative estimate of drug-likeness (QED) is 0.394. The highest BCUT2D eigenvalue weighted by Crippen LogP contribution is 2.40. The van der Waals surface area contributed by atoms with E-state index in [0.717, 1.165) is 11.3 Å². The molecule has 0 aliphatic carbocycles. The number of carbonyl (C=O) groups excluding carboxylic acids is 1. The summed E-state index contributed by atoms with van der Waals surface area (Å²) < 4.78 is 19.0. The first-order chi connectivity index (χ1) is 17.7. The van der Waals surface area contributed by atoms with Crippen molar-refractivity contribution in [2.75, 3.05) is 39.8 Å². The van der Waals surface area contributed by atoms with Crippen molar-refractivity contribution in [1.82, 2.24) is 4.57 Å². The van der Waals surface area contributed by atoms with Gasteiger partial charge < -0.3 is 19.1 Å². The second-order valence-electron chi connectivity index (χ2n) is 8.52. The number of methoxy groups -OCH3 is 2. The van der Waals surface area contributed by atoms with Crippen molar-refractivity contribution in [3.8, 4) is 11.5 Å². The standard InChI is InChI=1S/C27H28BrN3O5S/c1-7-36-26(33)23-15(2)29-27-31(24(23)18-13-20(34-5)21(35-6)14-19(18)28)25(32)22(37-27)12-16-8-10-17(11-9-16)30(3)4/h8-14,24H,7H2,1-6H3/b22-12-/t24-/m0/s1. The smallest absolute Gasteiger partial charge is 0.338 e. The Bertz CT molecular complexity index is 1550. The molecule has 194 valence electrons. The van der Waals surface area contributed by atoms with Crippen LogP contribution in [0, 0.1) is 0 Å². The first-order valence-electron chi connectivity index (χ1n) is 11.6. The summed E-state index contributed by atoms with van der Waals surface area (Å²) in [5.41, 5.74) is 3.14. The number of rotatable bonds is 7. The van der Waals surface area contributed by atoms with Gasteiger partial charge in [-0.05, 0) is 55.3 Å². The molecule has 10 heteroatoms. The van der Waals surface area contributed by atoms with Gasteiger partial charge in [0.15, 0.2) is 16.3 Å². The molecule has 1 aliphatic rings. The maximum atomic E-state index is 13.8. The molecule has 0 radical (unpaired) electrons. The number of anilines is 1. The number of nitrogens with zero attached hydrogens (tertiary/aromatic N) is 3. The van der Waals surface area contributed by atoms with Crippen molar-refractivity contribution in [2.45, 2.75) is 19.9 Å². The average molecular weight is 587 g/mol. The minimum absolute atomic E-state index is 0.197. The van der Waals surface area contributed by atoms with Crippen LogP contribution in [0.2, 0.25) is 0 Å². The molecule has 2 aromatic carbocycles. The fourth-order valence-electron chi connectivity index (χ4n) is 4.19. The predicted molar refractivity (Wildman–Crippen MR) is 148 cm³/mol. The van der Waals surface area contributed by atoms with Gasteiger partial charge in [0, 0.05) is 24.3 Å². The van der Waals surface area contributed by atoms with Crippen LogP contribution < -0.4 is 29.3 Å². The second kappa shape index (κ2) is 10.9. The number of benzene rings is 2. The third-order valence-corrected chi connectivity index (χ3v) is 7.69. The van der Waals surface area contributed by atoms with Crippen molar-refractivity contribution in [3.63, 3.8) is 0 Å². The number of halogens is 1. The first-order valence-corrected chi connectivity index (χ1v) is 13.2. The Morgan fingerprint density at radius 2 is 1.81 bits per heavy atom. The maximum Gasteiger partial charge on any atom is 0.338 e. The monoisotopic (exact) mass is 585 g/mol. The molecule has 0 unspecified atom stereocenters. The molecule has 2 heterocycles. The van der Waals surface area contributed by atoms with E-state index in [2.05, 4.69) is 20.9 Å². The van der Waals surface area contributed by atoms with E-state index in [0.29, 0.717) is 42.1 Å². The zero-order valence-electron chi connectivity index (χ0n) is 21.5. The number of fused-ring (bicyclic) bond motifs is 1. The number of allylic oxidation sites excluding steroid dienone is 1. The summed E-state index contributed by atoms with van der Waals surface area (Å²) in [5, 5.41) is 0. The second-order valence-corrected chi connectivity index (χ2v) is 10.4. The fourth-order valence-corrected chi connectivity index (χ4v) is 5.77. The van der Waals surface area contributed by atoms with Crippen LogP contribution in [-0.2, 0) is 9.53 Å². The van der Waals surface area contributed by atoms with Crippen molar-refractivity contribution < 1.29 is 19.0 Å². The van der Waals surface area contributed by atoms with Gasteiger partial charge in [-0.25, -0.2) is 9.79 Å². The van der Waals surface area contributed by atoms with Gasteiger partial charge in [0.2, 0.25) is 0 Å². The number of ether oxygens (including phenoxy) is 3. The Morgan fingerprint density at radius 1 is 1.16 bits per heavy atom. The molecule has 0 spiro atoms. The number of esters is 1. The van der Waals surface area contributed by atoms with E-state index in [-0.39, 0.29) is 12.2 Å². The highest BCUT2D eigenvalue weighted by Gasteiger charge is 2.35. The maximum absolute atomic E-state index is 13.8. The first kappa shape index (κ1) is 26.7. The van der Waals surface area contributed by atoms with Gasteiger partial charge in [0.25, 0.3) is 5.56 Å². The highest BCUT2D eigenvalue weighted by atomic mass is 79.9.